The van der Waals surface area contributed by atoms with Crippen LogP contribution in [0.25, 0.3) is 0 Å². The summed E-state index contributed by atoms with van der Waals surface area (Å²) in [5, 5.41) is 2.85. The Morgan fingerprint density at radius 3 is 2.27 bits per heavy atom. The van der Waals surface area contributed by atoms with Crippen molar-refractivity contribution in [3.63, 3.8) is 0 Å². The van der Waals surface area contributed by atoms with E-state index < -0.39 is 10.0 Å². The number of nitrogens with one attached hydrogen (secondary N) is 1. The van der Waals surface area contributed by atoms with Gasteiger partial charge in [-0.3, -0.25) is 4.79 Å². The lowest BCUT2D eigenvalue weighted by atomic mass is 10.2. The van der Waals surface area contributed by atoms with Gasteiger partial charge in [0.1, 0.15) is 0 Å². The number of nitrogens with zero attached hydrogens (tertiary/aromatic N) is 1. The van der Waals surface area contributed by atoms with Gasteiger partial charge in [0.2, 0.25) is 15.9 Å². The molecule has 2 aromatic carbocycles. The van der Waals surface area contributed by atoms with Crippen molar-refractivity contribution in [2.45, 2.75) is 37.5 Å². The van der Waals surface area contributed by atoms with Crippen LogP contribution >= 0.6 is 0 Å². The van der Waals surface area contributed by atoms with Gasteiger partial charge in [-0.05, 0) is 44.0 Å². The first-order valence-corrected chi connectivity index (χ1v) is 10.2. The molecule has 2 aromatic rings. The predicted molar refractivity (Wildman–Crippen MR) is 105 cm³/mol. The molecule has 0 spiro atoms. The minimum absolute atomic E-state index is 0.0168. The summed E-state index contributed by atoms with van der Waals surface area (Å²) in [5.41, 5.74) is 1.82. The number of amides is 1. The van der Waals surface area contributed by atoms with Crippen molar-refractivity contribution in [3.05, 3.63) is 60.2 Å². The van der Waals surface area contributed by atoms with E-state index in [0.717, 1.165) is 30.5 Å². The third kappa shape index (κ3) is 5.97. The van der Waals surface area contributed by atoms with E-state index in [1.807, 2.05) is 37.3 Å². The molecule has 0 atom stereocenters. The van der Waals surface area contributed by atoms with Crippen LogP contribution in [-0.4, -0.2) is 32.2 Å². The highest BCUT2D eigenvalue weighted by atomic mass is 32.2. The van der Waals surface area contributed by atoms with E-state index >= 15 is 0 Å². The van der Waals surface area contributed by atoms with Gasteiger partial charge in [0.15, 0.2) is 0 Å². The normalized spacial score (nSPS) is 11.5. The van der Waals surface area contributed by atoms with E-state index in [4.69, 9.17) is 0 Å². The number of carbonyl (C=O) groups excluding carboxylic acids is 1. The number of anilines is 1. The number of rotatable bonds is 9. The maximum Gasteiger partial charge on any atom is 0.242 e. The van der Waals surface area contributed by atoms with E-state index in [-0.39, 0.29) is 5.91 Å². The Kier molecular flexibility index (Phi) is 7.36. The second-order valence-electron chi connectivity index (χ2n) is 6.36. The maximum atomic E-state index is 12.5. The summed E-state index contributed by atoms with van der Waals surface area (Å²) in [6.07, 6.45) is 2.69. The molecule has 1 N–H and O–H groups in total. The first-order chi connectivity index (χ1) is 12.4. The topological polar surface area (TPSA) is 66.5 Å². The number of hydrogen-bond acceptors (Lipinski definition) is 3. The van der Waals surface area contributed by atoms with Gasteiger partial charge in [-0.2, -0.15) is 0 Å². The zero-order valence-corrected chi connectivity index (χ0v) is 16.1. The van der Waals surface area contributed by atoms with Crippen LogP contribution in [-0.2, 0) is 14.8 Å². The highest BCUT2D eigenvalue weighted by Crippen LogP contribution is 2.16. The largest absolute Gasteiger partial charge is 0.326 e. The summed E-state index contributed by atoms with van der Waals surface area (Å²) in [5.74, 6) is -0.0168. The highest BCUT2D eigenvalue weighted by Gasteiger charge is 2.19. The third-order valence-corrected chi connectivity index (χ3v) is 6.03. The summed E-state index contributed by atoms with van der Waals surface area (Å²) < 4.78 is 26.3. The fourth-order valence-electron chi connectivity index (χ4n) is 2.55. The monoisotopic (exact) mass is 374 g/mol. The Morgan fingerprint density at radius 2 is 1.62 bits per heavy atom. The van der Waals surface area contributed by atoms with Gasteiger partial charge in [0, 0.05) is 25.7 Å². The molecule has 0 unspecified atom stereocenters. The Bertz CT molecular complexity index is 803. The maximum absolute atomic E-state index is 12.5. The average Bonchev–Trinajstić information content (AvgIpc) is 2.62. The SMILES string of the molecule is Cc1ccc(S(=O)(=O)N(C)CCCCCC(=O)Nc2ccccc2)cc1. The second-order valence-corrected chi connectivity index (χ2v) is 8.41. The van der Waals surface area contributed by atoms with Gasteiger partial charge >= 0.3 is 0 Å². The molecule has 6 heteroatoms. The van der Waals surface area contributed by atoms with Crippen molar-refractivity contribution in [2.24, 2.45) is 0 Å². The zero-order chi connectivity index (χ0) is 19.0. The summed E-state index contributed by atoms with van der Waals surface area (Å²) >= 11 is 0. The summed E-state index contributed by atoms with van der Waals surface area (Å²) in [6.45, 7) is 2.37. The molecule has 0 aliphatic heterocycles. The minimum Gasteiger partial charge on any atom is -0.326 e. The number of para-hydroxylation sites is 1. The molecule has 0 saturated heterocycles. The van der Waals surface area contributed by atoms with Crippen LogP contribution in [0.15, 0.2) is 59.5 Å². The summed E-state index contributed by atoms with van der Waals surface area (Å²) in [7, 11) is -1.85. The molecule has 0 bridgehead atoms. The van der Waals surface area contributed by atoms with Crippen LogP contribution in [0, 0.1) is 6.92 Å². The van der Waals surface area contributed by atoms with E-state index in [1.165, 1.54) is 4.31 Å². The molecule has 1 amide bonds. The van der Waals surface area contributed by atoms with Crippen molar-refractivity contribution in [2.75, 3.05) is 18.9 Å². The molecule has 0 heterocycles. The van der Waals surface area contributed by atoms with Gasteiger partial charge in [-0.25, -0.2) is 12.7 Å². The average molecular weight is 375 g/mol. The van der Waals surface area contributed by atoms with Gasteiger partial charge in [-0.1, -0.05) is 42.3 Å². The van der Waals surface area contributed by atoms with Crippen LogP contribution in [0.4, 0.5) is 5.69 Å². The Balaban J connectivity index is 1.70. The number of benzene rings is 2. The molecule has 0 saturated carbocycles. The van der Waals surface area contributed by atoms with Crippen LogP contribution in [0.2, 0.25) is 0 Å². The van der Waals surface area contributed by atoms with Crippen molar-refractivity contribution in [1.29, 1.82) is 0 Å². The van der Waals surface area contributed by atoms with Crippen LogP contribution in [0.3, 0.4) is 0 Å². The lowest BCUT2D eigenvalue weighted by Crippen LogP contribution is -2.28. The number of unbranched alkanes of at least 4 members (excludes halogenated alkanes) is 2. The number of hydrogen-bond donors (Lipinski definition) is 1. The fraction of sp³-hybridized carbons (Fsp3) is 0.350. The molecule has 0 radical (unpaired) electrons. The Hall–Kier alpha value is -2.18. The van der Waals surface area contributed by atoms with Gasteiger partial charge in [0.05, 0.1) is 4.90 Å². The number of sulfonamides is 1. The van der Waals surface area contributed by atoms with E-state index in [9.17, 15) is 13.2 Å². The smallest absolute Gasteiger partial charge is 0.242 e. The Morgan fingerprint density at radius 1 is 0.962 bits per heavy atom. The zero-order valence-electron chi connectivity index (χ0n) is 15.3. The van der Waals surface area contributed by atoms with Gasteiger partial charge in [0.25, 0.3) is 0 Å². The Labute approximate surface area is 156 Å². The van der Waals surface area contributed by atoms with Crippen LogP contribution in [0.5, 0.6) is 0 Å². The summed E-state index contributed by atoms with van der Waals surface area (Å²) in [4.78, 5) is 12.2. The molecule has 140 valence electrons. The summed E-state index contributed by atoms with van der Waals surface area (Å²) in [6, 6.07) is 16.2. The molecule has 0 aliphatic rings. The highest BCUT2D eigenvalue weighted by molar-refractivity contribution is 7.89. The number of carbonyl (C=O) groups is 1. The molecule has 0 fully saturated rings. The van der Waals surface area contributed by atoms with E-state index in [0.29, 0.717) is 17.9 Å². The lowest BCUT2D eigenvalue weighted by molar-refractivity contribution is -0.116. The number of aryl methyl sites for hydroxylation is 1. The minimum atomic E-state index is -3.45. The van der Waals surface area contributed by atoms with Crippen molar-refractivity contribution in [3.8, 4) is 0 Å². The first-order valence-electron chi connectivity index (χ1n) is 8.77. The van der Waals surface area contributed by atoms with Crippen molar-refractivity contribution >= 4 is 21.6 Å². The third-order valence-electron chi connectivity index (χ3n) is 4.16. The predicted octanol–water partition coefficient (Wildman–Crippen LogP) is 3.81. The molecule has 2 rings (SSSR count). The molecule has 0 aromatic heterocycles. The lowest BCUT2D eigenvalue weighted by Gasteiger charge is -2.17. The van der Waals surface area contributed by atoms with E-state index in [1.54, 1.807) is 31.3 Å². The van der Waals surface area contributed by atoms with Crippen molar-refractivity contribution < 1.29 is 13.2 Å². The molecular weight excluding hydrogens is 348 g/mol. The van der Waals surface area contributed by atoms with Gasteiger partial charge in [-0.15, -0.1) is 0 Å². The first kappa shape index (κ1) is 20.1. The van der Waals surface area contributed by atoms with Crippen LogP contribution in [0.1, 0.15) is 31.2 Å². The van der Waals surface area contributed by atoms with Crippen LogP contribution < -0.4 is 5.32 Å². The fourth-order valence-corrected chi connectivity index (χ4v) is 3.76. The standard InChI is InChI=1S/C20H26N2O3S/c1-17-12-14-19(15-13-17)26(24,25)22(2)16-8-4-7-11-20(23)21-18-9-5-3-6-10-18/h3,5-6,9-10,12-15H,4,7-8,11,16H2,1-2H3,(H,21,23). The van der Waals surface area contributed by atoms with E-state index in [2.05, 4.69) is 5.32 Å². The molecule has 0 aliphatic carbocycles. The quantitative estimate of drug-likeness (QED) is 0.679. The molecule has 5 nitrogen and oxygen atoms in total. The molecule has 26 heavy (non-hydrogen) atoms. The van der Waals surface area contributed by atoms with Crippen molar-refractivity contribution in [1.82, 2.24) is 4.31 Å². The molecular formula is C20H26N2O3S. The van der Waals surface area contributed by atoms with Gasteiger partial charge < -0.3 is 5.32 Å². The second kappa shape index (κ2) is 9.50.